The van der Waals surface area contributed by atoms with E-state index in [0.717, 1.165) is 0 Å². The minimum absolute atomic E-state index is 0.360. The topological polar surface area (TPSA) is 0 Å². The molecule has 0 atom stereocenters. The molecule has 3 rings (SSSR count). The summed E-state index contributed by atoms with van der Waals surface area (Å²) in [6, 6.07) is 27.1. The highest BCUT2D eigenvalue weighted by molar-refractivity contribution is 6.71. The molecule has 0 aliphatic rings. The monoisotopic (exact) mass is 344 g/mol. The van der Waals surface area contributed by atoms with Crippen LogP contribution in [0.15, 0.2) is 72.8 Å². The smallest absolute Gasteiger partial charge is 0.0671 e. The van der Waals surface area contributed by atoms with E-state index in [1.165, 1.54) is 32.6 Å². The van der Waals surface area contributed by atoms with Crippen LogP contribution in [0.5, 0.6) is 0 Å². The van der Waals surface area contributed by atoms with Crippen LogP contribution in [0.3, 0.4) is 0 Å². The summed E-state index contributed by atoms with van der Waals surface area (Å²) in [5.41, 5.74) is 5.17. The van der Waals surface area contributed by atoms with Crippen LogP contribution in [0.4, 0.5) is 0 Å². The van der Waals surface area contributed by atoms with E-state index >= 15 is 0 Å². The Labute approximate surface area is 149 Å². The molecule has 0 amide bonds. The van der Waals surface area contributed by atoms with E-state index in [1.807, 2.05) is 0 Å². The van der Waals surface area contributed by atoms with Gasteiger partial charge in [-0.25, -0.2) is 0 Å². The van der Waals surface area contributed by atoms with Crippen LogP contribution >= 0.6 is 0 Å². The summed E-state index contributed by atoms with van der Waals surface area (Å²) in [7, 11) is -0.720. The molecule has 0 N–H and O–H groups in total. The van der Waals surface area contributed by atoms with Gasteiger partial charge in [-0.15, -0.1) is 0 Å². The Morgan fingerprint density at radius 1 is 0.375 bits per heavy atom. The number of hydrogen-bond donors (Lipinski definition) is 0. The third kappa shape index (κ3) is 3.77. The van der Waals surface area contributed by atoms with Gasteiger partial charge in [0.05, 0.1) is 17.6 Å². The van der Waals surface area contributed by atoms with Gasteiger partial charge in [0, 0.05) is 0 Å². The fourth-order valence-corrected chi connectivity index (χ4v) is 4.51. The average Bonchev–Trinajstić information content (AvgIpc) is 2.62. The van der Waals surface area contributed by atoms with Crippen molar-refractivity contribution < 1.29 is 0 Å². The van der Waals surface area contributed by atoms with Crippen LogP contribution < -0.4 is 10.4 Å². The summed E-state index contributed by atoms with van der Waals surface area (Å²) in [4.78, 5) is 0. The fraction of sp³-hybridized carbons (Fsp3) is 0.182. The molecule has 0 heterocycles. The molecule has 0 nitrogen and oxygen atoms in total. The quantitative estimate of drug-likeness (QED) is 0.588. The number of rotatable bonds is 4. The van der Waals surface area contributed by atoms with E-state index in [4.69, 9.17) is 0 Å². The molecule has 3 aromatic rings. The number of benzene rings is 3. The zero-order valence-corrected chi connectivity index (χ0v) is 16.9. The normalized spacial score (nSPS) is 11.2. The van der Waals surface area contributed by atoms with Gasteiger partial charge in [0.1, 0.15) is 0 Å². The summed E-state index contributed by atoms with van der Waals surface area (Å²) >= 11 is 0. The van der Waals surface area contributed by atoms with E-state index in [-0.39, 0.29) is 17.6 Å². The van der Waals surface area contributed by atoms with Crippen LogP contribution in [-0.2, 0) is 0 Å². The molecule has 24 heavy (non-hydrogen) atoms. The van der Waals surface area contributed by atoms with E-state index in [2.05, 4.69) is 99.0 Å². The van der Waals surface area contributed by atoms with Gasteiger partial charge >= 0.3 is 0 Å². The maximum absolute atomic E-state index is 2.33. The summed E-state index contributed by atoms with van der Waals surface area (Å²) in [6.07, 6.45) is 0. The first kappa shape index (κ1) is 16.9. The van der Waals surface area contributed by atoms with Crippen LogP contribution in [0.1, 0.15) is 0 Å². The molecule has 0 saturated heterocycles. The van der Waals surface area contributed by atoms with Crippen molar-refractivity contribution >= 4 is 28.0 Å². The molecule has 3 aromatic carbocycles. The molecule has 120 valence electrons. The highest BCUT2D eigenvalue weighted by atomic mass is 28.3. The van der Waals surface area contributed by atoms with Crippen molar-refractivity contribution in [3.63, 3.8) is 0 Å². The minimum atomic E-state index is -0.360. The summed E-state index contributed by atoms with van der Waals surface area (Å²) in [5, 5.41) is 2.99. The standard InChI is InChI=1S/C22H24Si2/c1-23(2)21-13-9-19(10-14-21)17-5-7-18(8-6-17)20-11-15-22(16-12-20)24(3)4/h5-16H,1-4H3. The van der Waals surface area contributed by atoms with Gasteiger partial charge in [0.15, 0.2) is 0 Å². The lowest BCUT2D eigenvalue weighted by atomic mass is 10.0. The van der Waals surface area contributed by atoms with E-state index in [9.17, 15) is 0 Å². The molecule has 0 aliphatic carbocycles. The summed E-state index contributed by atoms with van der Waals surface area (Å²) in [5.74, 6) is 0. The van der Waals surface area contributed by atoms with Crippen LogP contribution in [0, 0.1) is 0 Å². The van der Waals surface area contributed by atoms with Gasteiger partial charge in [0.2, 0.25) is 0 Å². The Hall–Kier alpha value is -1.91. The number of hydrogen-bond acceptors (Lipinski definition) is 0. The fourth-order valence-electron chi connectivity index (χ4n) is 2.85. The molecule has 2 radical (unpaired) electrons. The predicted octanol–water partition coefficient (Wildman–Crippen LogP) is 4.94. The lowest BCUT2D eigenvalue weighted by Crippen LogP contribution is -2.21. The van der Waals surface area contributed by atoms with Gasteiger partial charge < -0.3 is 0 Å². The second kappa shape index (κ2) is 7.33. The van der Waals surface area contributed by atoms with Crippen molar-refractivity contribution in [2.24, 2.45) is 0 Å². The summed E-state index contributed by atoms with van der Waals surface area (Å²) < 4.78 is 0. The van der Waals surface area contributed by atoms with Crippen molar-refractivity contribution in [2.45, 2.75) is 26.2 Å². The van der Waals surface area contributed by atoms with Gasteiger partial charge in [-0.05, 0) is 22.3 Å². The highest BCUT2D eigenvalue weighted by Crippen LogP contribution is 2.24. The third-order valence-corrected chi connectivity index (χ3v) is 7.45. The lowest BCUT2D eigenvalue weighted by Gasteiger charge is -2.09. The largest absolute Gasteiger partial charge is 0.0791 e. The van der Waals surface area contributed by atoms with Gasteiger partial charge in [-0.1, -0.05) is 109 Å². The Morgan fingerprint density at radius 2 is 0.583 bits per heavy atom. The van der Waals surface area contributed by atoms with Crippen molar-refractivity contribution in [1.82, 2.24) is 0 Å². The molecule has 0 aliphatic heterocycles. The Morgan fingerprint density at radius 3 is 0.792 bits per heavy atom. The third-order valence-electron chi connectivity index (χ3n) is 4.48. The van der Waals surface area contributed by atoms with Crippen LogP contribution in [0.25, 0.3) is 22.3 Å². The first-order valence-electron chi connectivity index (χ1n) is 8.46. The predicted molar refractivity (Wildman–Crippen MR) is 112 cm³/mol. The van der Waals surface area contributed by atoms with Gasteiger partial charge in [0.25, 0.3) is 0 Å². The van der Waals surface area contributed by atoms with Gasteiger partial charge in [-0.3, -0.25) is 0 Å². The minimum Gasteiger partial charge on any atom is -0.0671 e. The van der Waals surface area contributed by atoms with Crippen molar-refractivity contribution in [3.05, 3.63) is 72.8 Å². The molecular formula is C22H24Si2. The van der Waals surface area contributed by atoms with Crippen molar-refractivity contribution in [2.75, 3.05) is 0 Å². The SMILES string of the molecule is C[Si](C)c1ccc(-c2ccc(-c3ccc([Si](C)C)cc3)cc2)cc1. The molecule has 0 spiro atoms. The van der Waals surface area contributed by atoms with E-state index in [0.29, 0.717) is 0 Å². The maximum Gasteiger partial charge on any atom is 0.0791 e. The highest BCUT2D eigenvalue weighted by Gasteiger charge is 2.04. The maximum atomic E-state index is 2.33. The molecule has 0 bridgehead atoms. The lowest BCUT2D eigenvalue weighted by molar-refractivity contribution is 1.60. The first-order chi connectivity index (χ1) is 11.5. The Bertz CT molecular complexity index is 712. The zero-order valence-electron chi connectivity index (χ0n) is 14.9. The van der Waals surface area contributed by atoms with E-state index < -0.39 is 0 Å². The molecule has 0 unspecified atom stereocenters. The molecule has 2 heteroatoms. The van der Waals surface area contributed by atoms with Crippen LogP contribution in [0.2, 0.25) is 26.2 Å². The van der Waals surface area contributed by atoms with E-state index in [1.54, 1.807) is 0 Å². The second-order valence-corrected chi connectivity index (χ2v) is 11.9. The first-order valence-corrected chi connectivity index (χ1v) is 13.5. The Balaban J connectivity index is 1.82. The van der Waals surface area contributed by atoms with Crippen LogP contribution in [-0.4, -0.2) is 17.6 Å². The average molecular weight is 345 g/mol. The Kier molecular flexibility index (Phi) is 5.17. The molecule has 0 fully saturated rings. The zero-order chi connectivity index (χ0) is 17.1. The summed E-state index contributed by atoms with van der Waals surface area (Å²) in [6.45, 7) is 9.34. The van der Waals surface area contributed by atoms with Crippen molar-refractivity contribution in [3.8, 4) is 22.3 Å². The molecule has 0 aromatic heterocycles. The molecular weight excluding hydrogens is 320 g/mol. The second-order valence-electron chi connectivity index (χ2n) is 6.73. The van der Waals surface area contributed by atoms with Gasteiger partial charge in [-0.2, -0.15) is 0 Å². The molecule has 0 saturated carbocycles. The van der Waals surface area contributed by atoms with Crippen molar-refractivity contribution in [1.29, 1.82) is 0 Å².